The summed E-state index contributed by atoms with van der Waals surface area (Å²) in [5.74, 6) is 0.772. The molecule has 0 bridgehead atoms. The molecule has 2 atom stereocenters. The highest BCUT2D eigenvalue weighted by Gasteiger charge is 2.33. The van der Waals surface area contributed by atoms with Crippen molar-refractivity contribution in [1.29, 1.82) is 0 Å². The van der Waals surface area contributed by atoms with Crippen molar-refractivity contribution in [3.8, 4) is 5.75 Å². The van der Waals surface area contributed by atoms with Crippen molar-refractivity contribution in [3.63, 3.8) is 0 Å². The highest BCUT2D eigenvalue weighted by molar-refractivity contribution is 5.98. The molecule has 1 aromatic rings. The van der Waals surface area contributed by atoms with Gasteiger partial charge in [0.05, 0.1) is 25.7 Å². The number of hydrogen-bond donors (Lipinski definition) is 1. The van der Waals surface area contributed by atoms with Gasteiger partial charge in [0, 0.05) is 11.6 Å². The van der Waals surface area contributed by atoms with E-state index in [1.165, 1.54) is 0 Å². The molecule has 1 fully saturated rings. The Balaban J connectivity index is 2.12. The maximum atomic E-state index is 12.5. The Morgan fingerprint density at radius 2 is 2.26 bits per heavy atom. The molecule has 2 rings (SSSR count). The summed E-state index contributed by atoms with van der Waals surface area (Å²) in [4.78, 5) is 12.5. The maximum absolute atomic E-state index is 12.5. The van der Waals surface area contributed by atoms with E-state index in [4.69, 9.17) is 9.47 Å². The first-order valence-corrected chi connectivity index (χ1v) is 6.84. The average Bonchev–Trinajstić information content (AvgIpc) is 2.87. The first-order valence-electron chi connectivity index (χ1n) is 6.84. The molecule has 2 unspecified atom stereocenters. The van der Waals surface area contributed by atoms with Crippen LogP contribution < -0.4 is 10.1 Å². The van der Waals surface area contributed by atoms with E-state index in [1.807, 2.05) is 38.1 Å². The Bertz CT molecular complexity index is 433. The minimum atomic E-state index is -0.100. The van der Waals surface area contributed by atoms with E-state index < -0.39 is 0 Å². The van der Waals surface area contributed by atoms with Gasteiger partial charge in [0.2, 0.25) is 0 Å². The van der Waals surface area contributed by atoms with Crippen LogP contribution in [0.1, 0.15) is 24.2 Å². The van der Waals surface area contributed by atoms with Crippen LogP contribution in [-0.2, 0) is 4.74 Å². The molecule has 4 nitrogen and oxygen atoms in total. The van der Waals surface area contributed by atoms with Gasteiger partial charge in [-0.15, -0.1) is 0 Å². The molecule has 1 aliphatic rings. The van der Waals surface area contributed by atoms with Crippen molar-refractivity contribution < 1.29 is 14.3 Å². The molecule has 0 amide bonds. The summed E-state index contributed by atoms with van der Waals surface area (Å²) < 4.78 is 10.9. The lowest BCUT2D eigenvalue weighted by molar-refractivity contribution is 0.0891. The number of likely N-dealkylation sites (N-methyl/N-ethyl adjacent to an activating group) is 1. The third-order valence-electron chi connectivity index (χ3n) is 3.31. The fourth-order valence-corrected chi connectivity index (χ4v) is 2.40. The van der Waals surface area contributed by atoms with E-state index in [9.17, 15) is 4.79 Å². The minimum Gasteiger partial charge on any atom is -0.494 e. The molecule has 0 spiro atoms. The van der Waals surface area contributed by atoms with Gasteiger partial charge in [-0.05, 0) is 25.6 Å². The molecule has 1 saturated heterocycles. The molecular weight excluding hydrogens is 242 g/mol. The number of Topliss-reactive ketones (excluding diaryl/α,β-unsaturated/α-hetero) is 1. The van der Waals surface area contributed by atoms with E-state index in [-0.39, 0.29) is 17.7 Å². The topological polar surface area (TPSA) is 47.6 Å². The Morgan fingerprint density at radius 1 is 1.42 bits per heavy atom. The van der Waals surface area contributed by atoms with Crippen molar-refractivity contribution in [2.75, 3.05) is 26.4 Å². The van der Waals surface area contributed by atoms with E-state index >= 15 is 0 Å². The van der Waals surface area contributed by atoms with Crippen LogP contribution in [0.2, 0.25) is 0 Å². The van der Waals surface area contributed by atoms with Crippen molar-refractivity contribution in [2.45, 2.75) is 19.9 Å². The van der Waals surface area contributed by atoms with Gasteiger partial charge in [0.15, 0.2) is 5.78 Å². The molecule has 1 aliphatic heterocycles. The van der Waals surface area contributed by atoms with Gasteiger partial charge in [-0.2, -0.15) is 0 Å². The molecule has 104 valence electrons. The largest absolute Gasteiger partial charge is 0.494 e. The van der Waals surface area contributed by atoms with Crippen molar-refractivity contribution >= 4 is 5.78 Å². The number of benzene rings is 1. The Kier molecular flexibility index (Phi) is 4.93. The molecule has 1 heterocycles. The summed E-state index contributed by atoms with van der Waals surface area (Å²) in [5, 5.41) is 3.31. The van der Waals surface area contributed by atoms with Crippen LogP contribution in [0.3, 0.4) is 0 Å². The molecule has 1 aromatic carbocycles. The predicted molar refractivity (Wildman–Crippen MR) is 73.7 cm³/mol. The van der Waals surface area contributed by atoms with Crippen LogP contribution >= 0.6 is 0 Å². The lowest BCUT2D eigenvalue weighted by Gasteiger charge is -2.17. The lowest BCUT2D eigenvalue weighted by Crippen LogP contribution is -2.39. The number of rotatable bonds is 6. The van der Waals surface area contributed by atoms with Gasteiger partial charge in [0.1, 0.15) is 5.75 Å². The monoisotopic (exact) mass is 263 g/mol. The minimum absolute atomic E-state index is 0.100. The van der Waals surface area contributed by atoms with Crippen LogP contribution in [0.25, 0.3) is 0 Å². The van der Waals surface area contributed by atoms with Crippen LogP contribution in [0, 0.1) is 5.92 Å². The number of hydrogen-bond acceptors (Lipinski definition) is 4. The van der Waals surface area contributed by atoms with Gasteiger partial charge in [0.25, 0.3) is 0 Å². The second kappa shape index (κ2) is 6.68. The van der Waals surface area contributed by atoms with E-state index in [1.54, 1.807) is 0 Å². The quantitative estimate of drug-likeness (QED) is 0.796. The summed E-state index contributed by atoms with van der Waals surface area (Å²) in [6.07, 6.45) is 0. The average molecular weight is 263 g/mol. The van der Waals surface area contributed by atoms with Gasteiger partial charge >= 0.3 is 0 Å². The molecule has 19 heavy (non-hydrogen) atoms. The fraction of sp³-hybridized carbons (Fsp3) is 0.533. The zero-order valence-electron chi connectivity index (χ0n) is 11.5. The molecule has 1 N–H and O–H groups in total. The number of ether oxygens (including phenoxy) is 2. The Morgan fingerprint density at radius 3 is 3.00 bits per heavy atom. The molecule has 4 heteroatoms. The van der Waals surface area contributed by atoms with E-state index in [2.05, 4.69) is 5.32 Å². The molecule has 0 aromatic heterocycles. The standard InChI is InChI=1S/C15H21NO3/c1-3-16-14-10-18-9-13(14)15(17)11-6-5-7-12(8-11)19-4-2/h5-8,13-14,16H,3-4,9-10H2,1-2H3. The fourth-order valence-electron chi connectivity index (χ4n) is 2.40. The molecular formula is C15H21NO3. The summed E-state index contributed by atoms with van der Waals surface area (Å²) in [7, 11) is 0. The van der Waals surface area contributed by atoms with Crippen LogP contribution in [0.5, 0.6) is 5.75 Å². The van der Waals surface area contributed by atoms with Crippen LogP contribution in [0.15, 0.2) is 24.3 Å². The van der Waals surface area contributed by atoms with Crippen LogP contribution in [0.4, 0.5) is 0 Å². The number of ketones is 1. The third kappa shape index (κ3) is 3.33. The predicted octanol–water partition coefficient (Wildman–Crippen LogP) is 1.89. The van der Waals surface area contributed by atoms with E-state index in [0.29, 0.717) is 25.4 Å². The highest BCUT2D eigenvalue weighted by Crippen LogP contribution is 2.22. The number of carbonyl (C=O) groups excluding carboxylic acids is 1. The maximum Gasteiger partial charge on any atom is 0.170 e. The highest BCUT2D eigenvalue weighted by atomic mass is 16.5. The second-order valence-corrected chi connectivity index (χ2v) is 4.63. The van der Waals surface area contributed by atoms with Gasteiger partial charge in [-0.1, -0.05) is 19.1 Å². The zero-order chi connectivity index (χ0) is 13.7. The number of nitrogens with one attached hydrogen (secondary N) is 1. The van der Waals surface area contributed by atoms with Crippen molar-refractivity contribution in [3.05, 3.63) is 29.8 Å². The van der Waals surface area contributed by atoms with Gasteiger partial charge in [-0.25, -0.2) is 0 Å². The summed E-state index contributed by atoms with van der Waals surface area (Å²) in [5.41, 5.74) is 0.698. The van der Waals surface area contributed by atoms with Crippen molar-refractivity contribution in [2.24, 2.45) is 5.92 Å². The Labute approximate surface area is 114 Å². The third-order valence-corrected chi connectivity index (χ3v) is 3.31. The number of carbonyl (C=O) groups is 1. The SMILES string of the molecule is CCNC1COCC1C(=O)c1cccc(OCC)c1. The summed E-state index contributed by atoms with van der Waals surface area (Å²) in [6, 6.07) is 7.50. The van der Waals surface area contributed by atoms with E-state index in [0.717, 1.165) is 12.3 Å². The van der Waals surface area contributed by atoms with Crippen molar-refractivity contribution in [1.82, 2.24) is 5.32 Å². The summed E-state index contributed by atoms with van der Waals surface area (Å²) in [6.45, 7) is 6.52. The zero-order valence-corrected chi connectivity index (χ0v) is 11.5. The van der Waals surface area contributed by atoms with Crippen LogP contribution in [-0.4, -0.2) is 38.2 Å². The molecule has 0 radical (unpaired) electrons. The van der Waals surface area contributed by atoms with Gasteiger partial charge in [-0.3, -0.25) is 4.79 Å². The molecule has 0 aliphatic carbocycles. The smallest absolute Gasteiger partial charge is 0.170 e. The second-order valence-electron chi connectivity index (χ2n) is 4.63. The lowest BCUT2D eigenvalue weighted by atomic mass is 9.93. The first-order chi connectivity index (χ1) is 9.26. The first kappa shape index (κ1) is 14.0. The summed E-state index contributed by atoms with van der Waals surface area (Å²) >= 11 is 0. The Hall–Kier alpha value is -1.39. The normalized spacial score (nSPS) is 22.4. The molecule has 0 saturated carbocycles. The van der Waals surface area contributed by atoms with Gasteiger partial charge < -0.3 is 14.8 Å².